The lowest BCUT2D eigenvalue weighted by molar-refractivity contribution is 0.830. The van der Waals surface area contributed by atoms with Crippen molar-refractivity contribution in [2.45, 2.75) is 26.7 Å². The van der Waals surface area contributed by atoms with Gasteiger partial charge in [-0.1, -0.05) is 25.2 Å². The van der Waals surface area contributed by atoms with Crippen LogP contribution in [-0.2, 0) is 0 Å². The van der Waals surface area contributed by atoms with Gasteiger partial charge in [0.05, 0.1) is 15.6 Å². The molecule has 0 saturated heterocycles. The maximum absolute atomic E-state index is 5.58. The third-order valence-electron chi connectivity index (χ3n) is 1.94. The van der Waals surface area contributed by atoms with E-state index in [0.29, 0.717) is 11.0 Å². The molecule has 6 heteroatoms. The fraction of sp³-hybridized carbons (Fsp3) is 0.444. The first-order chi connectivity index (χ1) is 7.08. The van der Waals surface area contributed by atoms with Crippen LogP contribution in [0, 0.1) is 6.92 Å². The third kappa shape index (κ3) is 2.00. The van der Waals surface area contributed by atoms with E-state index >= 15 is 0 Å². The first kappa shape index (κ1) is 10.5. The number of anilines is 1. The Balaban J connectivity index is 2.52. The van der Waals surface area contributed by atoms with Crippen molar-refractivity contribution >= 4 is 27.8 Å². The van der Waals surface area contributed by atoms with Gasteiger partial charge in [0, 0.05) is 0 Å². The van der Waals surface area contributed by atoms with Crippen LogP contribution in [0.4, 0.5) is 5.13 Å². The maximum atomic E-state index is 5.58. The zero-order chi connectivity index (χ0) is 11.0. The molecule has 0 spiro atoms. The number of hydrogen-bond acceptors (Lipinski definition) is 6. The average Bonchev–Trinajstić information content (AvgIpc) is 2.71. The smallest absolute Gasteiger partial charge is 0.203 e. The molecule has 4 nitrogen and oxygen atoms in total. The molecule has 0 aromatic carbocycles. The van der Waals surface area contributed by atoms with Crippen molar-refractivity contribution in [3.63, 3.8) is 0 Å². The minimum absolute atomic E-state index is 0.398. The predicted octanol–water partition coefficient (Wildman–Crippen LogP) is 2.68. The molecule has 2 aromatic rings. The first-order valence-electron chi connectivity index (χ1n) is 4.64. The van der Waals surface area contributed by atoms with Gasteiger partial charge in [0.2, 0.25) is 5.13 Å². The van der Waals surface area contributed by atoms with E-state index in [9.17, 15) is 0 Å². The molecule has 80 valence electrons. The molecule has 15 heavy (non-hydrogen) atoms. The van der Waals surface area contributed by atoms with Gasteiger partial charge in [-0.25, -0.2) is 4.98 Å². The number of nitrogens with zero attached hydrogens (tertiary/aromatic N) is 3. The third-order valence-corrected chi connectivity index (χ3v) is 3.83. The molecule has 0 saturated carbocycles. The normalized spacial score (nSPS) is 11.2. The number of nitrogen functional groups attached to an aromatic ring is 1. The molecule has 0 fully saturated rings. The summed E-state index contributed by atoms with van der Waals surface area (Å²) in [6.45, 7) is 6.26. The van der Waals surface area contributed by atoms with Crippen molar-refractivity contribution in [2.24, 2.45) is 0 Å². The molecule has 0 radical (unpaired) electrons. The highest BCUT2D eigenvalue weighted by Crippen LogP contribution is 2.36. The Morgan fingerprint density at radius 3 is 2.47 bits per heavy atom. The Bertz CT molecular complexity index is 472. The first-order valence-corrected chi connectivity index (χ1v) is 6.28. The van der Waals surface area contributed by atoms with Crippen LogP contribution in [-0.4, -0.2) is 15.2 Å². The van der Waals surface area contributed by atoms with Crippen molar-refractivity contribution in [3.05, 3.63) is 10.7 Å². The van der Waals surface area contributed by atoms with Crippen LogP contribution >= 0.6 is 22.7 Å². The van der Waals surface area contributed by atoms with Crippen molar-refractivity contribution in [3.8, 4) is 9.88 Å². The maximum Gasteiger partial charge on any atom is 0.203 e. The van der Waals surface area contributed by atoms with Crippen molar-refractivity contribution in [1.82, 2.24) is 15.2 Å². The monoisotopic (exact) mass is 240 g/mol. The fourth-order valence-corrected chi connectivity index (χ4v) is 3.08. The lowest BCUT2D eigenvalue weighted by Crippen LogP contribution is -1.90. The summed E-state index contributed by atoms with van der Waals surface area (Å²) in [5.74, 6) is 0.398. The fourth-order valence-electron chi connectivity index (χ4n) is 1.31. The molecular formula is C9H12N4S2. The predicted molar refractivity (Wildman–Crippen MR) is 64.3 cm³/mol. The number of aromatic nitrogens is 3. The van der Waals surface area contributed by atoms with Crippen LogP contribution in [0.15, 0.2) is 0 Å². The molecule has 0 atom stereocenters. The van der Waals surface area contributed by atoms with Gasteiger partial charge < -0.3 is 5.73 Å². The largest absolute Gasteiger partial charge is 0.374 e. The van der Waals surface area contributed by atoms with E-state index < -0.39 is 0 Å². The quantitative estimate of drug-likeness (QED) is 0.876. The van der Waals surface area contributed by atoms with Gasteiger partial charge >= 0.3 is 0 Å². The number of aryl methyl sites for hydroxylation is 1. The standard InChI is InChI=1S/C9H12N4S2/c1-4(2)6-7(14-5(3)11-6)8-12-13-9(10)15-8/h4H,1-3H3,(H2,10,13). The topological polar surface area (TPSA) is 64.7 Å². The lowest BCUT2D eigenvalue weighted by atomic mass is 10.1. The molecule has 2 heterocycles. The van der Waals surface area contributed by atoms with E-state index in [1.807, 2.05) is 6.92 Å². The molecule has 2 aromatic heterocycles. The molecule has 0 aliphatic rings. The van der Waals surface area contributed by atoms with Gasteiger partial charge in [0.15, 0.2) is 5.01 Å². The second-order valence-corrected chi connectivity index (χ2v) is 5.76. The molecule has 2 rings (SSSR count). The van der Waals surface area contributed by atoms with E-state index in [1.165, 1.54) is 11.3 Å². The summed E-state index contributed by atoms with van der Waals surface area (Å²) in [7, 11) is 0. The second kappa shape index (κ2) is 3.86. The molecule has 2 N–H and O–H groups in total. The van der Waals surface area contributed by atoms with Gasteiger partial charge in [-0.15, -0.1) is 21.5 Å². The van der Waals surface area contributed by atoms with Crippen molar-refractivity contribution in [2.75, 3.05) is 5.73 Å². The van der Waals surface area contributed by atoms with Crippen LogP contribution < -0.4 is 5.73 Å². The number of thiazole rings is 1. The summed E-state index contributed by atoms with van der Waals surface area (Å²) in [6, 6.07) is 0. The minimum Gasteiger partial charge on any atom is -0.374 e. The van der Waals surface area contributed by atoms with Crippen LogP contribution in [0.5, 0.6) is 0 Å². The minimum atomic E-state index is 0.398. The van der Waals surface area contributed by atoms with E-state index in [-0.39, 0.29) is 0 Å². The van der Waals surface area contributed by atoms with Crippen LogP contribution in [0.1, 0.15) is 30.5 Å². The van der Waals surface area contributed by atoms with E-state index in [4.69, 9.17) is 5.73 Å². The highest BCUT2D eigenvalue weighted by Gasteiger charge is 2.17. The molecule has 0 amide bonds. The van der Waals surface area contributed by atoms with Crippen LogP contribution in [0.25, 0.3) is 9.88 Å². The Morgan fingerprint density at radius 2 is 1.93 bits per heavy atom. The Kier molecular flexibility index (Phi) is 2.70. The second-order valence-electron chi connectivity index (χ2n) is 3.55. The van der Waals surface area contributed by atoms with Gasteiger partial charge in [-0.2, -0.15) is 0 Å². The SMILES string of the molecule is Cc1nc(C(C)C)c(-c2nnc(N)s2)s1. The number of nitrogens with two attached hydrogens (primary N) is 1. The van der Waals surface area contributed by atoms with Crippen LogP contribution in [0.2, 0.25) is 0 Å². The Morgan fingerprint density at radius 1 is 1.20 bits per heavy atom. The highest BCUT2D eigenvalue weighted by molar-refractivity contribution is 7.23. The summed E-state index contributed by atoms with van der Waals surface area (Å²) >= 11 is 3.06. The summed E-state index contributed by atoms with van der Waals surface area (Å²) in [5.41, 5.74) is 6.67. The van der Waals surface area contributed by atoms with Gasteiger partial charge in [-0.05, 0) is 12.8 Å². The Labute approximate surface area is 96.2 Å². The molecular weight excluding hydrogens is 228 g/mol. The number of rotatable bonds is 2. The van der Waals surface area contributed by atoms with E-state index in [1.54, 1.807) is 11.3 Å². The lowest BCUT2D eigenvalue weighted by Gasteiger charge is -2.01. The molecule has 0 aliphatic heterocycles. The summed E-state index contributed by atoms with van der Waals surface area (Å²) in [5, 5.41) is 10.3. The zero-order valence-electron chi connectivity index (χ0n) is 8.81. The Hall–Kier alpha value is -1.01. The zero-order valence-corrected chi connectivity index (χ0v) is 10.4. The van der Waals surface area contributed by atoms with Gasteiger partial charge in [-0.3, -0.25) is 0 Å². The van der Waals surface area contributed by atoms with E-state index in [2.05, 4.69) is 29.0 Å². The molecule has 0 aliphatic carbocycles. The highest BCUT2D eigenvalue weighted by atomic mass is 32.1. The molecule has 0 bridgehead atoms. The van der Waals surface area contributed by atoms with Gasteiger partial charge in [0.25, 0.3) is 0 Å². The van der Waals surface area contributed by atoms with Crippen molar-refractivity contribution < 1.29 is 0 Å². The summed E-state index contributed by atoms with van der Waals surface area (Å²) in [4.78, 5) is 5.62. The number of hydrogen-bond donors (Lipinski definition) is 1. The van der Waals surface area contributed by atoms with E-state index in [0.717, 1.165) is 20.6 Å². The van der Waals surface area contributed by atoms with Gasteiger partial charge in [0.1, 0.15) is 0 Å². The average molecular weight is 240 g/mol. The van der Waals surface area contributed by atoms with Crippen molar-refractivity contribution in [1.29, 1.82) is 0 Å². The summed E-state index contributed by atoms with van der Waals surface area (Å²) < 4.78 is 0. The van der Waals surface area contributed by atoms with Crippen LogP contribution in [0.3, 0.4) is 0 Å². The summed E-state index contributed by atoms with van der Waals surface area (Å²) in [6.07, 6.45) is 0. The molecule has 0 unspecified atom stereocenters.